The van der Waals surface area contributed by atoms with Crippen LogP contribution in [0.2, 0.25) is 0 Å². The Morgan fingerprint density at radius 3 is 2.82 bits per heavy atom. The summed E-state index contributed by atoms with van der Waals surface area (Å²) in [5.74, 6) is 0.727. The fourth-order valence-electron chi connectivity index (χ4n) is 2.73. The second-order valence-electron chi connectivity index (χ2n) is 5.01. The Labute approximate surface area is 110 Å². The van der Waals surface area contributed by atoms with Crippen LogP contribution in [0.25, 0.3) is 10.9 Å². The smallest absolute Gasteiger partial charge is 0.0705 e. The number of rotatable bonds is 1. The summed E-state index contributed by atoms with van der Waals surface area (Å²) in [4.78, 5) is 5.26. The third-order valence-electron chi connectivity index (χ3n) is 3.69. The van der Waals surface area contributed by atoms with Gasteiger partial charge in [0.15, 0.2) is 0 Å². The van der Waals surface area contributed by atoms with Gasteiger partial charge in [-0.05, 0) is 55.9 Å². The van der Waals surface area contributed by atoms with E-state index < -0.39 is 0 Å². The van der Waals surface area contributed by atoms with Crippen molar-refractivity contribution in [2.75, 3.05) is 0 Å². The van der Waals surface area contributed by atoms with Gasteiger partial charge >= 0.3 is 0 Å². The lowest BCUT2D eigenvalue weighted by Crippen LogP contribution is -1.94. The fraction of sp³-hybridized carbons (Fsp3) is 0.400. The Morgan fingerprint density at radius 1 is 1.18 bits per heavy atom. The number of hydrogen-bond donors (Lipinski definition) is 0. The first-order valence-corrected chi connectivity index (χ1v) is 7.15. The maximum absolute atomic E-state index is 4.55. The van der Waals surface area contributed by atoms with Crippen LogP contribution in [-0.2, 0) is 0 Å². The van der Waals surface area contributed by atoms with Crippen LogP contribution < -0.4 is 0 Å². The topological polar surface area (TPSA) is 12.9 Å². The van der Waals surface area contributed by atoms with Crippen molar-refractivity contribution in [3.8, 4) is 0 Å². The zero-order chi connectivity index (χ0) is 11.8. The highest BCUT2D eigenvalue weighted by Gasteiger charge is 2.23. The standard InChI is InChI=1S/C15H16BrN/c1-10-2-3-13-8-11(5-7-15(13)17-10)12-4-6-14(16)9-12/h2-3,5,7-8,12,14H,4,6,9H2,1H3. The van der Waals surface area contributed by atoms with Crippen molar-refractivity contribution < 1.29 is 0 Å². The minimum atomic E-state index is 0.708. The Hall–Kier alpha value is -0.890. The summed E-state index contributed by atoms with van der Waals surface area (Å²) in [6.45, 7) is 2.04. The third-order valence-corrected chi connectivity index (χ3v) is 4.52. The van der Waals surface area contributed by atoms with E-state index in [1.54, 1.807) is 0 Å². The molecule has 0 bridgehead atoms. The molecular formula is C15H16BrN. The molecule has 1 aliphatic carbocycles. The quantitative estimate of drug-likeness (QED) is 0.701. The van der Waals surface area contributed by atoms with Gasteiger partial charge in [0.05, 0.1) is 5.52 Å². The van der Waals surface area contributed by atoms with E-state index in [1.807, 2.05) is 6.92 Å². The largest absolute Gasteiger partial charge is 0.253 e. The molecule has 1 fully saturated rings. The molecule has 0 saturated heterocycles. The fourth-order valence-corrected chi connectivity index (χ4v) is 3.44. The highest BCUT2D eigenvalue weighted by atomic mass is 79.9. The van der Waals surface area contributed by atoms with Gasteiger partial charge in [0.2, 0.25) is 0 Å². The van der Waals surface area contributed by atoms with Crippen LogP contribution in [0.4, 0.5) is 0 Å². The number of halogens is 1. The second kappa shape index (κ2) is 4.41. The van der Waals surface area contributed by atoms with Crippen LogP contribution in [0.3, 0.4) is 0 Å². The number of benzene rings is 1. The maximum atomic E-state index is 4.55. The molecule has 0 N–H and O–H groups in total. The summed E-state index contributed by atoms with van der Waals surface area (Å²) in [6.07, 6.45) is 3.88. The molecule has 1 heterocycles. The SMILES string of the molecule is Cc1ccc2cc(C3CCC(Br)C3)ccc2n1. The van der Waals surface area contributed by atoms with Gasteiger partial charge in [-0.25, -0.2) is 0 Å². The van der Waals surface area contributed by atoms with Crippen molar-refractivity contribution in [1.29, 1.82) is 0 Å². The molecule has 0 radical (unpaired) electrons. The summed E-state index contributed by atoms with van der Waals surface area (Å²) >= 11 is 3.72. The average Bonchev–Trinajstić information content (AvgIpc) is 2.75. The van der Waals surface area contributed by atoms with E-state index in [-0.39, 0.29) is 0 Å². The van der Waals surface area contributed by atoms with Gasteiger partial charge in [-0.15, -0.1) is 0 Å². The van der Waals surface area contributed by atoms with Crippen LogP contribution >= 0.6 is 15.9 Å². The minimum absolute atomic E-state index is 0.708. The van der Waals surface area contributed by atoms with E-state index in [0.717, 1.165) is 17.1 Å². The van der Waals surface area contributed by atoms with E-state index >= 15 is 0 Å². The molecule has 1 saturated carbocycles. The summed E-state index contributed by atoms with van der Waals surface area (Å²) in [5.41, 5.74) is 3.68. The van der Waals surface area contributed by atoms with Gasteiger partial charge in [-0.3, -0.25) is 4.98 Å². The first-order valence-electron chi connectivity index (χ1n) is 6.24. The summed E-state index contributed by atoms with van der Waals surface area (Å²) in [7, 11) is 0. The summed E-state index contributed by atoms with van der Waals surface area (Å²) in [6, 6.07) is 11.0. The zero-order valence-corrected chi connectivity index (χ0v) is 11.6. The van der Waals surface area contributed by atoms with Crippen LogP contribution in [0, 0.1) is 6.92 Å². The normalized spacial score (nSPS) is 24.4. The zero-order valence-electron chi connectivity index (χ0n) is 9.99. The lowest BCUT2D eigenvalue weighted by Gasteiger charge is -2.10. The highest BCUT2D eigenvalue weighted by molar-refractivity contribution is 9.09. The molecule has 0 spiro atoms. The second-order valence-corrected chi connectivity index (χ2v) is 6.31. The third kappa shape index (κ3) is 2.23. The Bertz CT molecular complexity index is 550. The number of fused-ring (bicyclic) bond motifs is 1. The summed E-state index contributed by atoms with van der Waals surface area (Å²) < 4.78 is 0. The minimum Gasteiger partial charge on any atom is -0.253 e. The molecule has 88 valence electrons. The van der Waals surface area contributed by atoms with Gasteiger partial charge < -0.3 is 0 Å². The lowest BCUT2D eigenvalue weighted by molar-refractivity contribution is 0.726. The van der Waals surface area contributed by atoms with Crippen molar-refractivity contribution in [3.63, 3.8) is 0 Å². The molecule has 2 unspecified atom stereocenters. The van der Waals surface area contributed by atoms with Crippen molar-refractivity contribution in [2.24, 2.45) is 0 Å². The van der Waals surface area contributed by atoms with Gasteiger partial charge in [-0.2, -0.15) is 0 Å². The number of aromatic nitrogens is 1. The molecule has 2 heteroatoms. The molecule has 1 aromatic carbocycles. The van der Waals surface area contributed by atoms with Gasteiger partial charge in [0.25, 0.3) is 0 Å². The van der Waals surface area contributed by atoms with Crippen molar-refractivity contribution >= 4 is 26.8 Å². The van der Waals surface area contributed by atoms with Crippen molar-refractivity contribution in [3.05, 3.63) is 41.6 Å². The van der Waals surface area contributed by atoms with Crippen molar-refractivity contribution in [2.45, 2.75) is 36.9 Å². The summed E-state index contributed by atoms with van der Waals surface area (Å²) in [5, 5.41) is 1.27. The molecule has 2 atom stereocenters. The van der Waals surface area contributed by atoms with Gasteiger partial charge in [-0.1, -0.05) is 28.1 Å². The van der Waals surface area contributed by atoms with Crippen LogP contribution in [0.15, 0.2) is 30.3 Å². The molecule has 1 aliphatic rings. The van der Waals surface area contributed by atoms with E-state index in [0.29, 0.717) is 4.83 Å². The van der Waals surface area contributed by atoms with Crippen LogP contribution in [0.1, 0.15) is 36.4 Å². The van der Waals surface area contributed by atoms with Gasteiger partial charge in [0.1, 0.15) is 0 Å². The van der Waals surface area contributed by atoms with Crippen molar-refractivity contribution in [1.82, 2.24) is 4.98 Å². The van der Waals surface area contributed by atoms with Crippen LogP contribution in [0.5, 0.6) is 0 Å². The molecule has 17 heavy (non-hydrogen) atoms. The molecule has 1 nitrogen and oxygen atoms in total. The van der Waals surface area contributed by atoms with E-state index in [1.165, 1.54) is 30.2 Å². The first kappa shape index (κ1) is 11.2. The number of nitrogens with zero attached hydrogens (tertiary/aromatic N) is 1. The average molecular weight is 290 g/mol. The molecule has 2 aromatic rings. The monoisotopic (exact) mass is 289 g/mol. The Balaban J connectivity index is 1.99. The Kier molecular flexibility index (Phi) is 2.91. The number of alkyl halides is 1. The Morgan fingerprint density at radius 2 is 2.06 bits per heavy atom. The van der Waals surface area contributed by atoms with Gasteiger partial charge in [0, 0.05) is 15.9 Å². The molecule has 1 aromatic heterocycles. The molecule has 3 rings (SSSR count). The van der Waals surface area contributed by atoms with E-state index in [4.69, 9.17) is 0 Å². The number of hydrogen-bond acceptors (Lipinski definition) is 1. The van der Waals surface area contributed by atoms with E-state index in [2.05, 4.69) is 51.2 Å². The lowest BCUT2D eigenvalue weighted by atomic mass is 9.96. The van der Waals surface area contributed by atoms with E-state index in [9.17, 15) is 0 Å². The highest BCUT2D eigenvalue weighted by Crippen LogP contribution is 2.38. The predicted molar refractivity (Wildman–Crippen MR) is 75.8 cm³/mol. The molecular weight excluding hydrogens is 274 g/mol. The molecule has 0 amide bonds. The number of pyridine rings is 1. The molecule has 0 aliphatic heterocycles. The first-order chi connectivity index (χ1) is 8.22. The predicted octanol–water partition coefficient (Wildman–Crippen LogP) is 4.57. The van der Waals surface area contributed by atoms with Crippen LogP contribution in [-0.4, -0.2) is 9.81 Å². The number of aryl methyl sites for hydroxylation is 1. The maximum Gasteiger partial charge on any atom is 0.0705 e.